The zero-order valence-corrected chi connectivity index (χ0v) is 8.46. The fourth-order valence-electron chi connectivity index (χ4n) is 1.16. The molecular formula is C10H17NO2. The van der Waals surface area contributed by atoms with E-state index < -0.39 is 0 Å². The molecule has 0 aliphatic carbocycles. The summed E-state index contributed by atoms with van der Waals surface area (Å²) in [5.74, 6) is 1.93. The summed E-state index contributed by atoms with van der Waals surface area (Å²) < 4.78 is 10.4. The first kappa shape index (κ1) is 10.3. The van der Waals surface area contributed by atoms with Gasteiger partial charge in [0.2, 0.25) is 0 Å². The maximum absolute atomic E-state index is 5.41. The van der Waals surface area contributed by atoms with E-state index in [0.717, 1.165) is 24.7 Å². The standard InChI is InChI=1S/C10H17NO2/c1-8(7-12-3)11-6-10-5-4-9(2)13-10/h4-5,8,11H,6-7H2,1-3H3/t8-/m0/s1. The maximum Gasteiger partial charge on any atom is 0.117 e. The second-order valence-corrected chi connectivity index (χ2v) is 3.25. The van der Waals surface area contributed by atoms with Crippen molar-refractivity contribution in [3.8, 4) is 0 Å². The van der Waals surface area contributed by atoms with Crippen LogP contribution in [0.25, 0.3) is 0 Å². The maximum atomic E-state index is 5.41. The van der Waals surface area contributed by atoms with Crippen LogP contribution < -0.4 is 5.32 Å². The number of furan rings is 1. The van der Waals surface area contributed by atoms with E-state index in [9.17, 15) is 0 Å². The summed E-state index contributed by atoms with van der Waals surface area (Å²) in [5.41, 5.74) is 0. The van der Waals surface area contributed by atoms with Crippen LogP contribution in [-0.4, -0.2) is 19.8 Å². The lowest BCUT2D eigenvalue weighted by Crippen LogP contribution is -2.29. The molecular weight excluding hydrogens is 166 g/mol. The quantitative estimate of drug-likeness (QED) is 0.754. The molecule has 1 N–H and O–H groups in total. The fourth-order valence-corrected chi connectivity index (χ4v) is 1.16. The molecule has 0 spiro atoms. The van der Waals surface area contributed by atoms with E-state index in [1.54, 1.807) is 7.11 Å². The van der Waals surface area contributed by atoms with Crippen molar-refractivity contribution in [2.45, 2.75) is 26.4 Å². The number of aryl methyl sites for hydroxylation is 1. The van der Waals surface area contributed by atoms with Crippen LogP contribution in [0.15, 0.2) is 16.5 Å². The van der Waals surface area contributed by atoms with E-state index in [4.69, 9.17) is 9.15 Å². The molecule has 0 radical (unpaired) electrons. The second-order valence-electron chi connectivity index (χ2n) is 3.25. The Morgan fingerprint density at radius 3 is 2.85 bits per heavy atom. The predicted octanol–water partition coefficient (Wildman–Crippen LogP) is 1.71. The van der Waals surface area contributed by atoms with Gasteiger partial charge in [-0.25, -0.2) is 0 Å². The summed E-state index contributed by atoms with van der Waals surface area (Å²) >= 11 is 0. The van der Waals surface area contributed by atoms with E-state index in [1.807, 2.05) is 19.1 Å². The summed E-state index contributed by atoms with van der Waals surface area (Å²) in [4.78, 5) is 0. The molecule has 3 heteroatoms. The van der Waals surface area contributed by atoms with Gasteiger partial charge in [-0.2, -0.15) is 0 Å². The Kier molecular flexibility index (Phi) is 3.99. The summed E-state index contributed by atoms with van der Waals surface area (Å²) in [6.45, 7) is 5.51. The summed E-state index contributed by atoms with van der Waals surface area (Å²) in [5, 5.41) is 3.29. The molecule has 1 rings (SSSR count). The molecule has 13 heavy (non-hydrogen) atoms. The highest BCUT2D eigenvalue weighted by molar-refractivity contribution is 5.05. The Balaban J connectivity index is 2.26. The van der Waals surface area contributed by atoms with Crippen molar-refractivity contribution in [1.29, 1.82) is 0 Å². The lowest BCUT2D eigenvalue weighted by Gasteiger charge is -2.10. The van der Waals surface area contributed by atoms with E-state index >= 15 is 0 Å². The van der Waals surface area contributed by atoms with Gasteiger partial charge in [0.1, 0.15) is 11.5 Å². The predicted molar refractivity (Wildman–Crippen MR) is 51.6 cm³/mol. The third kappa shape index (κ3) is 3.61. The first-order valence-electron chi connectivity index (χ1n) is 4.50. The van der Waals surface area contributed by atoms with Crippen LogP contribution in [0, 0.1) is 6.92 Å². The third-order valence-electron chi connectivity index (χ3n) is 1.84. The van der Waals surface area contributed by atoms with Gasteiger partial charge in [0.25, 0.3) is 0 Å². The van der Waals surface area contributed by atoms with Gasteiger partial charge in [0.15, 0.2) is 0 Å². The normalized spacial score (nSPS) is 13.2. The van der Waals surface area contributed by atoms with Gasteiger partial charge in [-0.3, -0.25) is 0 Å². The molecule has 0 aromatic carbocycles. The zero-order valence-electron chi connectivity index (χ0n) is 8.46. The van der Waals surface area contributed by atoms with Crippen LogP contribution in [0.3, 0.4) is 0 Å². The largest absolute Gasteiger partial charge is 0.465 e. The van der Waals surface area contributed by atoms with Crippen LogP contribution in [-0.2, 0) is 11.3 Å². The van der Waals surface area contributed by atoms with Crippen LogP contribution in [0.5, 0.6) is 0 Å². The molecule has 0 unspecified atom stereocenters. The average Bonchev–Trinajstić information content (AvgIpc) is 2.49. The van der Waals surface area contributed by atoms with Gasteiger partial charge < -0.3 is 14.5 Å². The van der Waals surface area contributed by atoms with E-state index in [1.165, 1.54) is 0 Å². The Bertz CT molecular complexity index is 245. The van der Waals surface area contributed by atoms with Crippen LogP contribution in [0.1, 0.15) is 18.4 Å². The molecule has 0 aliphatic heterocycles. The second kappa shape index (κ2) is 5.04. The Morgan fingerprint density at radius 2 is 2.31 bits per heavy atom. The minimum absolute atomic E-state index is 0.357. The molecule has 1 aromatic rings. The van der Waals surface area contributed by atoms with Gasteiger partial charge in [0, 0.05) is 13.2 Å². The highest BCUT2D eigenvalue weighted by Gasteiger charge is 2.02. The molecule has 0 bridgehead atoms. The minimum Gasteiger partial charge on any atom is -0.465 e. The minimum atomic E-state index is 0.357. The summed E-state index contributed by atoms with van der Waals surface area (Å²) in [7, 11) is 1.70. The smallest absolute Gasteiger partial charge is 0.117 e. The first-order valence-corrected chi connectivity index (χ1v) is 4.50. The van der Waals surface area contributed by atoms with Crippen molar-refractivity contribution in [3.63, 3.8) is 0 Å². The average molecular weight is 183 g/mol. The molecule has 1 heterocycles. The van der Waals surface area contributed by atoms with Gasteiger partial charge in [-0.1, -0.05) is 0 Å². The molecule has 0 saturated carbocycles. The number of hydrogen-bond acceptors (Lipinski definition) is 3. The lowest BCUT2D eigenvalue weighted by atomic mass is 10.3. The lowest BCUT2D eigenvalue weighted by molar-refractivity contribution is 0.170. The molecule has 3 nitrogen and oxygen atoms in total. The molecule has 0 amide bonds. The third-order valence-corrected chi connectivity index (χ3v) is 1.84. The van der Waals surface area contributed by atoms with Crippen molar-refractivity contribution in [3.05, 3.63) is 23.7 Å². The summed E-state index contributed by atoms with van der Waals surface area (Å²) in [6.07, 6.45) is 0. The highest BCUT2D eigenvalue weighted by atomic mass is 16.5. The molecule has 0 saturated heterocycles. The molecule has 0 fully saturated rings. The van der Waals surface area contributed by atoms with Crippen molar-refractivity contribution < 1.29 is 9.15 Å². The van der Waals surface area contributed by atoms with E-state index in [-0.39, 0.29) is 0 Å². The van der Waals surface area contributed by atoms with Gasteiger partial charge in [-0.05, 0) is 26.0 Å². The molecule has 1 atom stereocenters. The fraction of sp³-hybridized carbons (Fsp3) is 0.600. The monoisotopic (exact) mass is 183 g/mol. The van der Waals surface area contributed by atoms with Crippen LogP contribution >= 0.6 is 0 Å². The topological polar surface area (TPSA) is 34.4 Å². The van der Waals surface area contributed by atoms with Gasteiger partial charge >= 0.3 is 0 Å². The first-order chi connectivity index (χ1) is 6.22. The van der Waals surface area contributed by atoms with Crippen molar-refractivity contribution in [2.24, 2.45) is 0 Å². The van der Waals surface area contributed by atoms with Crippen molar-refractivity contribution >= 4 is 0 Å². The SMILES string of the molecule is COC[C@H](C)NCc1ccc(C)o1. The van der Waals surface area contributed by atoms with Crippen molar-refractivity contribution in [1.82, 2.24) is 5.32 Å². The highest BCUT2D eigenvalue weighted by Crippen LogP contribution is 2.05. The van der Waals surface area contributed by atoms with Gasteiger partial charge in [0.05, 0.1) is 13.2 Å². The number of nitrogens with one attached hydrogen (secondary N) is 1. The Hall–Kier alpha value is -0.800. The number of hydrogen-bond donors (Lipinski definition) is 1. The zero-order chi connectivity index (χ0) is 9.68. The van der Waals surface area contributed by atoms with Crippen LogP contribution in [0.2, 0.25) is 0 Å². The summed E-state index contributed by atoms with van der Waals surface area (Å²) in [6, 6.07) is 4.32. The van der Waals surface area contributed by atoms with Crippen molar-refractivity contribution in [2.75, 3.05) is 13.7 Å². The Labute approximate surface area is 79.1 Å². The molecule has 74 valence electrons. The molecule has 0 aliphatic rings. The van der Waals surface area contributed by atoms with E-state index in [2.05, 4.69) is 12.2 Å². The number of rotatable bonds is 5. The Morgan fingerprint density at radius 1 is 1.54 bits per heavy atom. The van der Waals surface area contributed by atoms with E-state index in [0.29, 0.717) is 6.04 Å². The number of methoxy groups -OCH3 is 1. The van der Waals surface area contributed by atoms with Gasteiger partial charge in [-0.15, -0.1) is 0 Å². The molecule has 1 aromatic heterocycles. The van der Waals surface area contributed by atoms with Crippen LogP contribution in [0.4, 0.5) is 0 Å². The number of ether oxygens (including phenoxy) is 1.